The lowest BCUT2D eigenvalue weighted by molar-refractivity contribution is -0.143. The number of aromatic hydroxyl groups is 1. The van der Waals surface area contributed by atoms with Crippen LogP contribution in [0, 0.1) is 0 Å². The second-order valence-corrected chi connectivity index (χ2v) is 7.19. The number of amides is 1. The summed E-state index contributed by atoms with van der Waals surface area (Å²) in [5.74, 6) is -0.239. The number of aliphatic hydroxyl groups is 1. The van der Waals surface area contributed by atoms with Crippen LogP contribution in [0.25, 0.3) is 0 Å². The number of hydrogen-bond acceptors (Lipinski definition) is 6. The number of nitrogens with one attached hydrogen (secondary N) is 1. The van der Waals surface area contributed by atoms with Gasteiger partial charge in [0.2, 0.25) is 6.29 Å². The van der Waals surface area contributed by atoms with E-state index in [1.165, 1.54) is 6.07 Å². The molecule has 144 valence electrons. The smallest absolute Gasteiger partial charge is 0.290 e. The molecule has 2 atom stereocenters. The average Bonchev–Trinajstić information content (AvgIpc) is 3.22. The minimum absolute atomic E-state index is 0.00568. The van der Waals surface area contributed by atoms with E-state index in [4.69, 9.17) is 14.6 Å². The number of hydrogen-bond donors (Lipinski definition) is 3. The van der Waals surface area contributed by atoms with E-state index in [-0.39, 0.29) is 24.0 Å². The van der Waals surface area contributed by atoms with Crippen LogP contribution in [-0.2, 0) is 14.3 Å². The van der Waals surface area contributed by atoms with Gasteiger partial charge in [0, 0.05) is 23.8 Å². The van der Waals surface area contributed by atoms with Crippen molar-refractivity contribution in [3.8, 4) is 5.75 Å². The molecule has 2 aromatic rings. The number of phenols is 1. The van der Waals surface area contributed by atoms with Gasteiger partial charge in [-0.3, -0.25) is 4.79 Å². The number of benzene rings is 1. The maximum Gasteiger partial charge on any atom is 0.290 e. The van der Waals surface area contributed by atoms with E-state index >= 15 is 0 Å². The molecule has 0 unspecified atom stereocenters. The summed E-state index contributed by atoms with van der Waals surface area (Å²) in [7, 11) is 0. The maximum absolute atomic E-state index is 12.7. The maximum atomic E-state index is 12.7. The van der Waals surface area contributed by atoms with Crippen LogP contribution in [0.4, 0.5) is 5.69 Å². The highest BCUT2D eigenvalue weighted by molar-refractivity contribution is 7.10. The number of unbranched alkanes of at least 4 members (excludes halogenated alkanes) is 1. The molecular weight excluding hydrogens is 366 g/mol. The zero-order valence-electron chi connectivity index (χ0n) is 14.8. The standard InChI is InChI=1S/C20H23NO5S/c22-9-3-4-10-25-19-13-14(18-8-5-11-27-18)12-17(26-19)20(24)21-15-6-1-2-7-16(15)23/h1-2,5-8,11-12,14,19,22-23H,3-4,9-10,13H2,(H,21,24)/t14-,19+/m0/s1. The average molecular weight is 389 g/mol. The van der Waals surface area contributed by atoms with E-state index in [2.05, 4.69) is 5.32 Å². The Hall–Kier alpha value is -2.35. The van der Waals surface area contributed by atoms with Crippen LogP contribution in [-0.4, -0.2) is 35.6 Å². The number of thiophene rings is 1. The summed E-state index contributed by atoms with van der Waals surface area (Å²) in [4.78, 5) is 13.8. The fraction of sp³-hybridized carbons (Fsp3) is 0.350. The largest absolute Gasteiger partial charge is 0.506 e. The Kier molecular flexibility index (Phi) is 6.86. The number of ether oxygens (including phenoxy) is 2. The fourth-order valence-electron chi connectivity index (χ4n) is 2.81. The van der Waals surface area contributed by atoms with Crippen LogP contribution in [0.5, 0.6) is 5.75 Å². The van der Waals surface area contributed by atoms with Crippen LogP contribution >= 0.6 is 11.3 Å². The molecule has 1 amide bonds. The second-order valence-electron chi connectivity index (χ2n) is 6.21. The molecule has 27 heavy (non-hydrogen) atoms. The molecule has 0 spiro atoms. The Morgan fingerprint density at radius 1 is 1.26 bits per heavy atom. The molecule has 1 aromatic heterocycles. The van der Waals surface area contributed by atoms with Crippen LogP contribution in [0.2, 0.25) is 0 Å². The van der Waals surface area contributed by atoms with Gasteiger partial charge < -0.3 is 25.0 Å². The number of allylic oxidation sites excluding steroid dienone is 1. The minimum Gasteiger partial charge on any atom is -0.506 e. The number of aliphatic hydroxyl groups excluding tert-OH is 1. The molecule has 1 aliphatic heterocycles. The van der Waals surface area contributed by atoms with Gasteiger partial charge in [0.05, 0.1) is 12.3 Å². The molecule has 0 fully saturated rings. The first-order valence-electron chi connectivity index (χ1n) is 8.91. The van der Waals surface area contributed by atoms with Crippen molar-refractivity contribution in [1.82, 2.24) is 0 Å². The molecule has 1 aliphatic rings. The van der Waals surface area contributed by atoms with Crippen molar-refractivity contribution in [2.75, 3.05) is 18.5 Å². The third kappa shape index (κ3) is 5.32. The third-order valence-corrected chi connectivity index (χ3v) is 5.20. The predicted molar refractivity (Wildman–Crippen MR) is 104 cm³/mol. The first-order valence-corrected chi connectivity index (χ1v) is 9.79. The van der Waals surface area contributed by atoms with Gasteiger partial charge in [0.1, 0.15) is 5.75 Å². The number of para-hydroxylation sites is 2. The van der Waals surface area contributed by atoms with Gasteiger partial charge in [-0.1, -0.05) is 18.2 Å². The molecule has 0 radical (unpaired) electrons. The normalized spacial score (nSPS) is 19.2. The Balaban J connectivity index is 1.72. The summed E-state index contributed by atoms with van der Waals surface area (Å²) in [6.45, 7) is 0.581. The molecule has 2 heterocycles. The quantitative estimate of drug-likeness (QED) is 0.474. The third-order valence-electron chi connectivity index (χ3n) is 4.20. The van der Waals surface area contributed by atoms with Crippen LogP contribution in [0.1, 0.15) is 30.1 Å². The molecular formula is C20H23NO5S. The van der Waals surface area contributed by atoms with Crippen molar-refractivity contribution in [1.29, 1.82) is 0 Å². The van der Waals surface area contributed by atoms with Crippen LogP contribution in [0.15, 0.2) is 53.6 Å². The molecule has 0 saturated carbocycles. The predicted octanol–water partition coefficient (Wildman–Crippen LogP) is 3.60. The fourth-order valence-corrected chi connectivity index (χ4v) is 3.62. The summed E-state index contributed by atoms with van der Waals surface area (Å²) in [6.07, 6.45) is 3.27. The molecule has 3 N–H and O–H groups in total. The van der Waals surface area contributed by atoms with Gasteiger partial charge >= 0.3 is 0 Å². The molecule has 0 saturated heterocycles. The van der Waals surface area contributed by atoms with E-state index < -0.39 is 12.2 Å². The van der Waals surface area contributed by atoms with E-state index in [9.17, 15) is 9.90 Å². The first-order chi connectivity index (χ1) is 13.2. The molecule has 0 bridgehead atoms. The summed E-state index contributed by atoms with van der Waals surface area (Å²) in [5.41, 5.74) is 0.325. The highest BCUT2D eigenvalue weighted by Gasteiger charge is 2.29. The summed E-state index contributed by atoms with van der Waals surface area (Å²) in [6, 6.07) is 10.5. The van der Waals surface area contributed by atoms with Gasteiger partial charge in [-0.05, 0) is 42.5 Å². The van der Waals surface area contributed by atoms with Crippen LogP contribution in [0.3, 0.4) is 0 Å². The molecule has 6 nitrogen and oxygen atoms in total. The number of carbonyl (C=O) groups is 1. The van der Waals surface area contributed by atoms with Crippen molar-refractivity contribution < 1.29 is 24.5 Å². The van der Waals surface area contributed by atoms with Gasteiger partial charge in [-0.2, -0.15) is 0 Å². The number of rotatable bonds is 8. The van der Waals surface area contributed by atoms with Crippen molar-refractivity contribution in [2.45, 2.75) is 31.5 Å². The lowest BCUT2D eigenvalue weighted by Crippen LogP contribution is -2.29. The number of carbonyl (C=O) groups excluding carboxylic acids is 1. The molecule has 1 aromatic carbocycles. The minimum atomic E-state index is -0.536. The van der Waals surface area contributed by atoms with Crippen molar-refractivity contribution >= 4 is 22.9 Å². The van der Waals surface area contributed by atoms with Crippen molar-refractivity contribution in [2.24, 2.45) is 0 Å². The zero-order chi connectivity index (χ0) is 19.1. The van der Waals surface area contributed by atoms with E-state index in [0.29, 0.717) is 25.1 Å². The van der Waals surface area contributed by atoms with Gasteiger partial charge in [0.25, 0.3) is 5.91 Å². The van der Waals surface area contributed by atoms with Gasteiger partial charge in [0.15, 0.2) is 5.76 Å². The molecule has 7 heteroatoms. The molecule has 3 rings (SSSR count). The topological polar surface area (TPSA) is 88.0 Å². The lowest BCUT2D eigenvalue weighted by atomic mass is 9.99. The highest BCUT2D eigenvalue weighted by Crippen LogP contribution is 2.34. The lowest BCUT2D eigenvalue weighted by Gasteiger charge is -2.28. The Labute approximate surface area is 162 Å². The Morgan fingerprint density at radius 3 is 2.85 bits per heavy atom. The Bertz CT molecular complexity index is 774. The summed E-state index contributed by atoms with van der Waals surface area (Å²) < 4.78 is 11.5. The molecule has 0 aliphatic carbocycles. The highest BCUT2D eigenvalue weighted by atomic mass is 32.1. The summed E-state index contributed by atoms with van der Waals surface area (Å²) in [5, 5.41) is 23.4. The van der Waals surface area contributed by atoms with E-state index in [1.807, 2.05) is 17.5 Å². The van der Waals surface area contributed by atoms with Gasteiger partial charge in [-0.15, -0.1) is 11.3 Å². The Morgan fingerprint density at radius 2 is 2.11 bits per heavy atom. The number of anilines is 1. The van der Waals surface area contributed by atoms with E-state index in [0.717, 1.165) is 11.3 Å². The SMILES string of the molecule is O=C(Nc1ccccc1O)C1=C[C@H](c2cccs2)C[C@H](OCCCCO)O1. The first kappa shape index (κ1) is 19.4. The summed E-state index contributed by atoms with van der Waals surface area (Å²) >= 11 is 1.62. The second kappa shape index (κ2) is 9.55. The number of phenolic OH excluding ortho intramolecular Hbond substituents is 1. The van der Waals surface area contributed by atoms with Gasteiger partial charge in [-0.25, -0.2) is 0 Å². The van der Waals surface area contributed by atoms with Crippen molar-refractivity contribution in [3.63, 3.8) is 0 Å². The monoisotopic (exact) mass is 389 g/mol. The zero-order valence-corrected chi connectivity index (χ0v) is 15.7. The van der Waals surface area contributed by atoms with E-state index in [1.54, 1.807) is 35.6 Å². The van der Waals surface area contributed by atoms with Crippen LogP contribution < -0.4 is 5.32 Å². The van der Waals surface area contributed by atoms with Crippen molar-refractivity contribution in [3.05, 3.63) is 58.5 Å².